The summed E-state index contributed by atoms with van der Waals surface area (Å²) in [6.07, 6.45) is 0. The first-order valence-corrected chi connectivity index (χ1v) is 33.6. The van der Waals surface area contributed by atoms with E-state index in [0.29, 0.717) is 0 Å². The second-order valence-electron chi connectivity index (χ2n) is 24.6. The Kier molecular flexibility index (Phi) is 11.5. The smallest absolute Gasteiger partial charge is 0.264 e. The molecule has 0 bridgehead atoms. The highest BCUT2D eigenvalue weighted by Crippen LogP contribution is 2.58. The van der Waals surface area contributed by atoms with Gasteiger partial charge in [-0.2, -0.15) is 0 Å². The average molecular weight is 1220 g/mol. The molecule has 0 unspecified atom stereocenters. The van der Waals surface area contributed by atoms with Crippen molar-refractivity contribution in [2.24, 2.45) is 0 Å². The van der Waals surface area contributed by atoms with Crippen LogP contribution in [0.25, 0.3) is 130 Å². The molecule has 0 fully saturated rings. The first-order valence-electron chi connectivity index (χ1n) is 31.9. The predicted molar refractivity (Wildman–Crippen MR) is 399 cm³/mol. The molecule has 432 valence electrons. The van der Waals surface area contributed by atoms with Crippen molar-refractivity contribution in [2.75, 3.05) is 9.80 Å². The Labute approximate surface area is 545 Å². The van der Waals surface area contributed by atoms with E-state index in [1.165, 1.54) is 101 Å². The van der Waals surface area contributed by atoms with Gasteiger partial charge >= 0.3 is 0 Å². The van der Waals surface area contributed by atoms with Crippen LogP contribution in [0.15, 0.2) is 322 Å². The minimum Gasteiger partial charge on any atom is -0.309 e. The normalized spacial score (nSPS) is 12.7. The number of thiophene rings is 2. The van der Waals surface area contributed by atoms with Gasteiger partial charge in [-0.15, -0.1) is 22.7 Å². The van der Waals surface area contributed by atoms with Gasteiger partial charge in [0, 0.05) is 96.9 Å². The van der Waals surface area contributed by atoms with E-state index in [0.717, 1.165) is 78.6 Å². The number of hydrogen-bond donors (Lipinski definition) is 0. The van der Waals surface area contributed by atoms with Gasteiger partial charge in [0.25, 0.3) is 6.71 Å². The second kappa shape index (κ2) is 20.5. The van der Waals surface area contributed by atoms with E-state index in [2.05, 4.69) is 340 Å². The molecule has 18 aromatic rings. The van der Waals surface area contributed by atoms with E-state index in [1.807, 2.05) is 22.7 Å². The zero-order valence-electron chi connectivity index (χ0n) is 50.3. The lowest BCUT2D eigenvalue weighted by molar-refractivity contribution is 1.18. The van der Waals surface area contributed by atoms with Gasteiger partial charge in [-0.05, 0) is 106 Å². The van der Waals surface area contributed by atoms with Crippen molar-refractivity contribution in [1.29, 1.82) is 0 Å². The van der Waals surface area contributed by atoms with E-state index in [9.17, 15) is 0 Å². The Morgan fingerprint density at radius 1 is 0.258 bits per heavy atom. The van der Waals surface area contributed by atoms with Crippen LogP contribution in [0.3, 0.4) is 0 Å². The molecule has 7 heteroatoms. The summed E-state index contributed by atoms with van der Waals surface area (Å²) in [6.45, 7) is -0.225. The average Bonchev–Trinajstić information content (AvgIpc) is 1.65. The molecule has 20 rings (SSSR count). The van der Waals surface area contributed by atoms with E-state index in [-0.39, 0.29) is 6.71 Å². The van der Waals surface area contributed by atoms with E-state index < -0.39 is 0 Å². The summed E-state index contributed by atoms with van der Waals surface area (Å²) in [6, 6.07) is 120. The monoisotopic (exact) mass is 1220 g/mol. The zero-order valence-corrected chi connectivity index (χ0v) is 51.9. The fourth-order valence-electron chi connectivity index (χ4n) is 15.8. The summed E-state index contributed by atoms with van der Waals surface area (Å²) in [5.74, 6) is 0. The van der Waals surface area contributed by atoms with E-state index >= 15 is 0 Å². The minimum absolute atomic E-state index is 0.225. The molecule has 4 aromatic heterocycles. The van der Waals surface area contributed by atoms with Crippen molar-refractivity contribution in [3.63, 3.8) is 0 Å². The highest BCUT2D eigenvalue weighted by Gasteiger charge is 2.48. The van der Waals surface area contributed by atoms with Crippen LogP contribution in [0.5, 0.6) is 0 Å². The molecular weight excluding hydrogens is 1160 g/mol. The largest absolute Gasteiger partial charge is 0.309 e. The SMILES string of the molecule is c1ccc(-c2cccc(-c3ccccc3)c2N2c3cc4c(sc5ccccc54)c4c3B(c3cc(-n5c6ccccc6c6ccccc65)ccc3N4c3c(-c4ccccc4)cccc3-c3ccccc3)c3sc4ccc(-n5c6ccccc6c6ccccc65)cc4c32)cc1. The van der Waals surface area contributed by atoms with Crippen LogP contribution in [0.1, 0.15) is 0 Å². The second-order valence-corrected chi connectivity index (χ2v) is 26.7. The molecule has 0 aliphatic carbocycles. The van der Waals surface area contributed by atoms with Crippen LogP contribution in [0, 0.1) is 0 Å². The van der Waals surface area contributed by atoms with Gasteiger partial charge in [-0.1, -0.05) is 249 Å². The van der Waals surface area contributed by atoms with Gasteiger partial charge in [-0.25, -0.2) is 0 Å². The first-order chi connectivity index (χ1) is 46.2. The Morgan fingerprint density at radius 2 is 0.656 bits per heavy atom. The van der Waals surface area contributed by atoms with Crippen LogP contribution in [-0.2, 0) is 0 Å². The minimum atomic E-state index is -0.225. The molecule has 0 saturated heterocycles. The molecule has 14 aromatic carbocycles. The third-order valence-corrected chi connectivity index (χ3v) is 22.1. The van der Waals surface area contributed by atoms with Crippen LogP contribution in [0.2, 0.25) is 0 Å². The summed E-state index contributed by atoms with van der Waals surface area (Å²) in [7, 11) is 0. The van der Waals surface area contributed by atoms with E-state index in [1.54, 1.807) is 0 Å². The lowest BCUT2D eigenvalue weighted by atomic mass is 9.36. The van der Waals surface area contributed by atoms with Gasteiger partial charge in [-0.3, -0.25) is 0 Å². The molecule has 4 nitrogen and oxygen atoms in total. The summed E-state index contributed by atoms with van der Waals surface area (Å²) in [5, 5.41) is 8.65. The number of para-hydroxylation sites is 6. The number of nitrogens with zero attached hydrogens (tertiary/aromatic N) is 4. The molecule has 0 saturated carbocycles. The first kappa shape index (κ1) is 52.3. The number of aromatic nitrogens is 2. The lowest BCUT2D eigenvalue weighted by Gasteiger charge is -2.45. The van der Waals surface area contributed by atoms with E-state index in [4.69, 9.17) is 0 Å². The molecule has 6 heterocycles. The Balaban J connectivity index is 0.991. The maximum absolute atomic E-state index is 2.75. The standard InChI is InChI=1S/C86H53BN4S2/c1-5-25-54(26-6-1)60-38-23-39-61(55-27-7-2-8-28-55)81(60)90-76-49-47-59(89-74-44-20-15-35-66(74)67-36-16-21-45-75(67)89)52-71(76)87-80-77(53-69-68-37-17-22-46-78(68)92-85(69)84(80)90)91(82-62(56-29-9-3-10-30-56)40-24-41-63(82)57-31-11-4-12-32-57)83-70-51-58(48-50-79(70)93-86(83)87)88-72-42-18-13-33-64(72)65-34-14-19-43-73(65)88/h1-53H. The summed E-state index contributed by atoms with van der Waals surface area (Å²) in [5.41, 5.74) is 25.8. The molecule has 0 amide bonds. The number of benzene rings is 14. The molecule has 0 spiro atoms. The van der Waals surface area contributed by atoms with Crippen molar-refractivity contribution in [3.05, 3.63) is 322 Å². The van der Waals surface area contributed by atoms with Crippen LogP contribution < -0.4 is 25.5 Å². The number of hydrogen-bond acceptors (Lipinski definition) is 4. The van der Waals surface area contributed by atoms with Crippen molar-refractivity contribution in [1.82, 2.24) is 9.13 Å². The molecular formula is C86H53BN4S2. The van der Waals surface area contributed by atoms with Crippen LogP contribution in [-0.4, -0.2) is 15.8 Å². The van der Waals surface area contributed by atoms with Crippen molar-refractivity contribution < 1.29 is 0 Å². The summed E-state index contributed by atoms with van der Waals surface area (Å²) < 4.78 is 10.1. The summed E-state index contributed by atoms with van der Waals surface area (Å²) >= 11 is 3.88. The highest BCUT2D eigenvalue weighted by molar-refractivity contribution is 7.34. The van der Waals surface area contributed by atoms with Crippen molar-refractivity contribution in [2.45, 2.75) is 0 Å². The van der Waals surface area contributed by atoms with Crippen molar-refractivity contribution in [3.8, 4) is 55.9 Å². The predicted octanol–water partition coefficient (Wildman–Crippen LogP) is 22.2. The molecule has 0 atom stereocenters. The van der Waals surface area contributed by atoms with Gasteiger partial charge in [0.15, 0.2) is 0 Å². The van der Waals surface area contributed by atoms with Crippen LogP contribution >= 0.6 is 22.7 Å². The molecule has 2 aliphatic rings. The fourth-order valence-corrected chi connectivity index (χ4v) is 18.3. The Morgan fingerprint density at radius 3 is 1.14 bits per heavy atom. The van der Waals surface area contributed by atoms with Gasteiger partial charge in [0.05, 0.1) is 49.5 Å². The molecule has 0 radical (unpaired) electrons. The maximum atomic E-state index is 2.75. The lowest BCUT2D eigenvalue weighted by Crippen LogP contribution is -2.60. The van der Waals surface area contributed by atoms with Gasteiger partial charge in [0.1, 0.15) is 0 Å². The Hall–Kier alpha value is -11.5. The zero-order chi connectivity index (χ0) is 60.8. The molecule has 0 N–H and O–H groups in total. The third kappa shape index (κ3) is 7.73. The third-order valence-electron chi connectivity index (χ3n) is 19.7. The summed E-state index contributed by atoms with van der Waals surface area (Å²) in [4.78, 5) is 5.47. The van der Waals surface area contributed by atoms with Gasteiger partial charge in [0.2, 0.25) is 0 Å². The Bertz CT molecular complexity index is 5860. The maximum Gasteiger partial charge on any atom is 0.264 e. The highest BCUT2D eigenvalue weighted by atomic mass is 32.1. The molecule has 2 aliphatic heterocycles. The number of fused-ring (bicyclic) bond motifs is 16. The number of anilines is 6. The van der Waals surface area contributed by atoms with Crippen molar-refractivity contribution >= 4 is 153 Å². The quantitative estimate of drug-likeness (QED) is 0.141. The van der Waals surface area contributed by atoms with Crippen LogP contribution in [0.4, 0.5) is 34.1 Å². The van der Waals surface area contributed by atoms with Gasteiger partial charge < -0.3 is 18.9 Å². The molecule has 93 heavy (non-hydrogen) atoms. The number of rotatable bonds is 8. The topological polar surface area (TPSA) is 16.3 Å². The fraction of sp³-hybridized carbons (Fsp3) is 0.